The Morgan fingerprint density at radius 3 is 2.70 bits per heavy atom. The molecule has 2 rings (SSSR count). The molecule has 1 aromatic heterocycles. The van der Waals surface area contributed by atoms with Gasteiger partial charge in [0.1, 0.15) is 11.5 Å². The first-order valence-corrected chi connectivity index (χ1v) is 6.78. The highest BCUT2D eigenvalue weighted by molar-refractivity contribution is 6.03. The van der Waals surface area contributed by atoms with E-state index in [1.807, 2.05) is 36.4 Å². The van der Waals surface area contributed by atoms with E-state index < -0.39 is 0 Å². The van der Waals surface area contributed by atoms with E-state index in [1.165, 1.54) is 0 Å². The van der Waals surface area contributed by atoms with E-state index in [1.54, 1.807) is 13.1 Å². The minimum Gasteiger partial charge on any atom is -0.373 e. The van der Waals surface area contributed by atoms with Crippen LogP contribution in [0.15, 0.2) is 42.5 Å². The molecule has 0 fully saturated rings. The van der Waals surface area contributed by atoms with Crippen molar-refractivity contribution in [2.24, 2.45) is 0 Å². The number of anilines is 2. The van der Waals surface area contributed by atoms with Gasteiger partial charge in [0.05, 0.1) is 0 Å². The predicted octanol–water partition coefficient (Wildman–Crippen LogP) is 3.33. The van der Waals surface area contributed by atoms with Crippen LogP contribution in [-0.2, 0) is 6.42 Å². The molecule has 0 atom stereocenters. The Balaban J connectivity index is 2.19. The molecule has 0 aliphatic carbocycles. The summed E-state index contributed by atoms with van der Waals surface area (Å²) >= 11 is 0. The second-order valence-corrected chi connectivity index (χ2v) is 4.52. The van der Waals surface area contributed by atoms with Crippen LogP contribution in [0.5, 0.6) is 0 Å². The first kappa shape index (κ1) is 14.1. The van der Waals surface area contributed by atoms with E-state index in [4.69, 9.17) is 0 Å². The summed E-state index contributed by atoms with van der Waals surface area (Å²) in [5.74, 6) is 0.491. The molecule has 1 amide bonds. The molecule has 4 nitrogen and oxygen atoms in total. The van der Waals surface area contributed by atoms with E-state index in [2.05, 4.69) is 22.5 Å². The van der Waals surface area contributed by atoms with Gasteiger partial charge in [-0.3, -0.25) is 4.79 Å². The quantitative estimate of drug-likeness (QED) is 0.875. The van der Waals surface area contributed by atoms with Crippen LogP contribution in [0.1, 0.15) is 29.4 Å². The van der Waals surface area contributed by atoms with Crippen molar-refractivity contribution in [3.63, 3.8) is 0 Å². The van der Waals surface area contributed by atoms with Gasteiger partial charge >= 0.3 is 0 Å². The van der Waals surface area contributed by atoms with Gasteiger partial charge in [0.2, 0.25) is 0 Å². The molecule has 104 valence electrons. The third-order valence-electron chi connectivity index (χ3n) is 3.02. The molecule has 2 aromatic rings. The van der Waals surface area contributed by atoms with Crippen LogP contribution in [0, 0.1) is 0 Å². The van der Waals surface area contributed by atoms with Crippen LogP contribution in [0.3, 0.4) is 0 Å². The molecule has 0 radical (unpaired) electrons. The maximum absolute atomic E-state index is 12.2. The lowest BCUT2D eigenvalue weighted by Crippen LogP contribution is -2.15. The predicted molar refractivity (Wildman–Crippen MR) is 82.2 cm³/mol. The smallest absolute Gasteiger partial charge is 0.274 e. The van der Waals surface area contributed by atoms with Crippen molar-refractivity contribution in [3.8, 4) is 0 Å². The number of benzene rings is 1. The second-order valence-electron chi connectivity index (χ2n) is 4.52. The number of carbonyl (C=O) groups is 1. The van der Waals surface area contributed by atoms with Gasteiger partial charge in [0, 0.05) is 12.7 Å². The Hall–Kier alpha value is -2.36. The lowest BCUT2D eigenvalue weighted by molar-refractivity contribution is 0.102. The minimum atomic E-state index is -0.189. The lowest BCUT2D eigenvalue weighted by atomic mass is 10.1. The average molecular weight is 269 g/mol. The summed E-state index contributed by atoms with van der Waals surface area (Å²) in [7, 11) is 1.78. The fourth-order valence-electron chi connectivity index (χ4n) is 2.02. The largest absolute Gasteiger partial charge is 0.373 e. The van der Waals surface area contributed by atoms with E-state index in [-0.39, 0.29) is 5.91 Å². The maximum atomic E-state index is 12.2. The van der Waals surface area contributed by atoms with Crippen LogP contribution in [-0.4, -0.2) is 17.9 Å². The van der Waals surface area contributed by atoms with Crippen molar-refractivity contribution in [2.45, 2.75) is 19.8 Å². The van der Waals surface area contributed by atoms with Gasteiger partial charge < -0.3 is 10.6 Å². The zero-order valence-corrected chi connectivity index (χ0v) is 11.8. The average Bonchev–Trinajstić information content (AvgIpc) is 2.49. The highest BCUT2D eigenvalue weighted by Gasteiger charge is 2.10. The van der Waals surface area contributed by atoms with Gasteiger partial charge in [-0.15, -0.1) is 0 Å². The molecule has 0 bridgehead atoms. The van der Waals surface area contributed by atoms with E-state index in [0.717, 1.165) is 24.1 Å². The maximum Gasteiger partial charge on any atom is 0.274 e. The van der Waals surface area contributed by atoms with Crippen LogP contribution in [0.4, 0.5) is 11.5 Å². The Morgan fingerprint density at radius 2 is 1.95 bits per heavy atom. The summed E-state index contributed by atoms with van der Waals surface area (Å²) in [5, 5.41) is 5.86. The fourth-order valence-corrected chi connectivity index (χ4v) is 2.02. The molecule has 0 aliphatic heterocycles. The molecule has 0 saturated carbocycles. The monoisotopic (exact) mass is 269 g/mol. The number of carbonyl (C=O) groups excluding carboxylic acids is 1. The Labute approximate surface area is 119 Å². The summed E-state index contributed by atoms with van der Waals surface area (Å²) < 4.78 is 0. The summed E-state index contributed by atoms with van der Waals surface area (Å²) in [6, 6.07) is 13.2. The Bertz CT molecular complexity index is 596. The SMILES string of the molecule is CCCc1ccccc1NC(=O)c1cccc(NC)n1. The zero-order chi connectivity index (χ0) is 14.4. The number of rotatable bonds is 5. The van der Waals surface area contributed by atoms with Gasteiger partial charge in [-0.1, -0.05) is 37.6 Å². The Kier molecular flexibility index (Phi) is 4.71. The van der Waals surface area contributed by atoms with Gasteiger partial charge in [-0.2, -0.15) is 0 Å². The molecule has 0 unspecified atom stereocenters. The molecule has 2 N–H and O–H groups in total. The number of aryl methyl sites for hydroxylation is 1. The molecular formula is C16H19N3O. The van der Waals surface area contributed by atoms with Crippen LogP contribution in [0.2, 0.25) is 0 Å². The molecule has 1 heterocycles. The standard InChI is InChI=1S/C16H19N3O/c1-3-7-12-8-4-5-9-13(12)19-16(20)14-10-6-11-15(17-2)18-14/h4-6,8-11H,3,7H2,1-2H3,(H,17,18)(H,19,20). The van der Waals surface area contributed by atoms with Crippen molar-refractivity contribution in [3.05, 3.63) is 53.7 Å². The molecule has 0 aliphatic rings. The number of hydrogen-bond acceptors (Lipinski definition) is 3. The topological polar surface area (TPSA) is 54.0 Å². The van der Waals surface area contributed by atoms with Crippen LogP contribution in [0.25, 0.3) is 0 Å². The summed E-state index contributed by atoms with van der Waals surface area (Å²) in [6.07, 6.45) is 1.99. The second kappa shape index (κ2) is 6.70. The number of aromatic nitrogens is 1. The Morgan fingerprint density at radius 1 is 1.15 bits per heavy atom. The molecule has 1 aromatic carbocycles. The van der Waals surface area contributed by atoms with Gasteiger partial charge in [0.15, 0.2) is 0 Å². The number of amides is 1. The summed E-state index contributed by atoms with van der Waals surface area (Å²) in [5.41, 5.74) is 2.41. The highest BCUT2D eigenvalue weighted by atomic mass is 16.1. The number of nitrogens with zero attached hydrogens (tertiary/aromatic N) is 1. The van der Waals surface area contributed by atoms with E-state index in [9.17, 15) is 4.79 Å². The minimum absolute atomic E-state index is 0.189. The molecule has 0 saturated heterocycles. The van der Waals surface area contributed by atoms with Crippen molar-refractivity contribution in [1.82, 2.24) is 4.98 Å². The van der Waals surface area contributed by atoms with Gasteiger partial charge in [-0.05, 0) is 30.2 Å². The lowest BCUT2D eigenvalue weighted by Gasteiger charge is -2.10. The van der Waals surface area contributed by atoms with Gasteiger partial charge in [0.25, 0.3) is 5.91 Å². The van der Waals surface area contributed by atoms with Crippen LogP contribution >= 0.6 is 0 Å². The number of pyridine rings is 1. The number of para-hydroxylation sites is 1. The fraction of sp³-hybridized carbons (Fsp3) is 0.250. The first-order chi connectivity index (χ1) is 9.74. The van der Waals surface area contributed by atoms with Crippen molar-refractivity contribution in [2.75, 3.05) is 17.7 Å². The third kappa shape index (κ3) is 3.35. The normalized spacial score (nSPS) is 10.1. The van der Waals surface area contributed by atoms with Crippen molar-refractivity contribution < 1.29 is 4.79 Å². The van der Waals surface area contributed by atoms with E-state index in [0.29, 0.717) is 11.5 Å². The third-order valence-corrected chi connectivity index (χ3v) is 3.02. The van der Waals surface area contributed by atoms with Gasteiger partial charge in [-0.25, -0.2) is 4.98 Å². The highest BCUT2D eigenvalue weighted by Crippen LogP contribution is 2.17. The van der Waals surface area contributed by atoms with E-state index >= 15 is 0 Å². The van der Waals surface area contributed by atoms with Crippen molar-refractivity contribution >= 4 is 17.4 Å². The number of nitrogens with one attached hydrogen (secondary N) is 2. The summed E-state index contributed by atoms with van der Waals surface area (Å²) in [6.45, 7) is 2.12. The molecule has 0 spiro atoms. The summed E-state index contributed by atoms with van der Waals surface area (Å²) in [4.78, 5) is 16.5. The van der Waals surface area contributed by atoms with Crippen LogP contribution < -0.4 is 10.6 Å². The molecular weight excluding hydrogens is 250 g/mol. The zero-order valence-electron chi connectivity index (χ0n) is 11.8. The molecule has 4 heteroatoms. The van der Waals surface area contributed by atoms with Crippen molar-refractivity contribution in [1.29, 1.82) is 0 Å². The number of hydrogen-bond donors (Lipinski definition) is 2. The molecule has 20 heavy (non-hydrogen) atoms. The first-order valence-electron chi connectivity index (χ1n) is 6.78.